The minimum absolute atomic E-state index is 0.540. The molecule has 1 amide bonds. The number of hydrogen-bond donors (Lipinski definition) is 0. The Morgan fingerprint density at radius 3 is 2.43 bits per heavy atom. The van der Waals surface area contributed by atoms with Crippen molar-refractivity contribution in [3.63, 3.8) is 0 Å². The van der Waals surface area contributed by atoms with Gasteiger partial charge in [0.2, 0.25) is 0 Å². The van der Waals surface area contributed by atoms with Crippen LogP contribution in [0.4, 0.5) is 4.39 Å². The summed E-state index contributed by atoms with van der Waals surface area (Å²) < 4.78 is 19.5. The Kier molecular flexibility index (Phi) is 4.81. The Balaban J connectivity index is 2.37. The van der Waals surface area contributed by atoms with Crippen LogP contribution in [0.25, 0.3) is 0 Å². The summed E-state index contributed by atoms with van der Waals surface area (Å²) in [7, 11) is 0. The topological polar surface area (TPSA) is 29.5 Å². The second kappa shape index (κ2) is 6.11. The van der Waals surface area contributed by atoms with Crippen molar-refractivity contribution in [2.45, 2.75) is 43.5 Å². The van der Waals surface area contributed by atoms with Crippen LogP contribution >= 0.6 is 23.2 Å². The molecule has 0 bridgehead atoms. The molecule has 0 aliphatic carbocycles. The zero-order valence-electron chi connectivity index (χ0n) is 12.1. The van der Waals surface area contributed by atoms with E-state index in [0.29, 0.717) is 0 Å². The first-order valence-corrected chi connectivity index (χ1v) is 7.57. The van der Waals surface area contributed by atoms with Crippen molar-refractivity contribution < 1.29 is 13.9 Å². The molecule has 2 unspecified atom stereocenters. The van der Waals surface area contributed by atoms with Crippen LogP contribution in [0.15, 0.2) is 24.3 Å². The second-order valence-corrected chi connectivity index (χ2v) is 6.72. The van der Waals surface area contributed by atoms with E-state index < -0.39 is 35.3 Å². The van der Waals surface area contributed by atoms with E-state index in [2.05, 4.69) is 0 Å². The van der Waals surface area contributed by atoms with Gasteiger partial charge in [0, 0.05) is 0 Å². The normalized spacial score (nSPS) is 24.6. The zero-order valence-corrected chi connectivity index (χ0v) is 13.7. The average Bonchev–Trinajstić information content (AvgIpc) is 2.69. The van der Waals surface area contributed by atoms with Gasteiger partial charge in [-0.15, -0.1) is 0 Å². The lowest BCUT2D eigenvalue weighted by atomic mass is 10.0. The van der Waals surface area contributed by atoms with Crippen molar-refractivity contribution in [2.75, 3.05) is 6.67 Å². The zero-order chi connectivity index (χ0) is 15.8. The summed E-state index contributed by atoms with van der Waals surface area (Å²) in [5.74, 6) is -0.541. The predicted molar refractivity (Wildman–Crippen MR) is 81.2 cm³/mol. The first-order valence-electron chi connectivity index (χ1n) is 6.69. The van der Waals surface area contributed by atoms with Crippen molar-refractivity contribution in [1.29, 1.82) is 0 Å². The van der Waals surface area contributed by atoms with Crippen LogP contribution < -0.4 is 0 Å². The van der Waals surface area contributed by atoms with Gasteiger partial charge in [-0.05, 0) is 26.3 Å². The highest BCUT2D eigenvalue weighted by atomic mass is 35.5. The molecule has 1 aromatic carbocycles. The van der Waals surface area contributed by atoms with Crippen molar-refractivity contribution >= 4 is 29.1 Å². The molecule has 1 heterocycles. The first kappa shape index (κ1) is 16.5. The SMILES string of the molecule is Cc1ccc(C2OC(C)(C)N(C(=O)C(Cl)Cl)C2CF)cc1. The lowest BCUT2D eigenvalue weighted by Gasteiger charge is -2.33. The van der Waals surface area contributed by atoms with Crippen molar-refractivity contribution in [2.24, 2.45) is 0 Å². The third-order valence-corrected chi connectivity index (χ3v) is 4.04. The molecule has 2 rings (SSSR count). The lowest BCUT2D eigenvalue weighted by molar-refractivity contribution is -0.145. The molecule has 0 radical (unpaired) electrons. The summed E-state index contributed by atoms with van der Waals surface area (Å²) in [6.45, 7) is 4.65. The minimum Gasteiger partial charge on any atom is -0.346 e. The number of halogens is 3. The molecule has 0 saturated carbocycles. The van der Waals surface area contributed by atoms with E-state index in [4.69, 9.17) is 27.9 Å². The molecule has 0 N–H and O–H groups in total. The van der Waals surface area contributed by atoms with E-state index in [1.807, 2.05) is 31.2 Å². The Labute approximate surface area is 134 Å². The molecule has 0 spiro atoms. The van der Waals surface area contributed by atoms with E-state index in [9.17, 15) is 9.18 Å². The van der Waals surface area contributed by atoms with Crippen molar-refractivity contribution in [3.8, 4) is 0 Å². The maximum atomic E-state index is 13.6. The van der Waals surface area contributed by atoms with Crippen LogP contribution in [0.5, 0.6) is 0 Å². The van der Waals surface area contributed by atoms with E-state index in [0.717, 1.165) is 11.1 Å². The van der Waals surface area contributed by atoms with Gasteiger partial charge in [-0.3, -0.25) is 4.79 Å². The molecule has 1 saturated heterocycles. The van der Waals surface area contributed by atoms with Crippen molar-refractivity contribution in [1.82, 2.24) is 4.90 Å². The van der Waals surface area contributed by atoms with Crippen LogP contribution in [-0.2, 0) is 9.53 Å². The molecule has 2 atom stereocenters. The highest BCUT2D eigenvalue weighted by Gasteiger charge is 2.51. The maximum Gasteiger partial charge on any atom is 0.258 e. The number of nitrogens with zero attached hydrogens (tertiary/aromatic N) is 1. The largest absolute Gasteiger partial charge is 0.346 e. The molecule has 1 aromatic rings. The number of carbonyl (C=O) groups excluding carboxylic acids is 1. The third-order valence-electron chi connectivity index (χ3n) is 3.66. The van der Waals surface area contributed by atoms with E-state index >= 15 is 0 Å². The van der Waals surface area contributed by atoms with E-state index in [1.54, 1.807) is 13.8 Å². The Morgan fingerprint density at radius 1 is 1.38 bits per heavy atom. The molecule has 1 aliphatic heterocycles. The number of aryl methyl sites for hydroxylation is 1. The fraction of sp³-hybridized carbons (Fsp3) is 0.533. The van der Waals surface area contributed by atoms with Crippen LogP contribution in [0.2, 0.25) is 0 Å². The van der Waals surface area contributed by atoms with Gasteiger partial charge < -0.3 is 9.64 Å². The quantitative estimate of drug-likeness (QED) is 0.788. The Morgan fingerprint density at radius 2 is 1.95 bits per heavy atom. The van der Waals surface area contributed by atoms with Crippen LogP contribution in [0, 0.1) is 6.92 Å². The predicted octanol–water partition coefficient (Wildman–Crippen LogP) is 3.77. The smallest absolute Gasteiger partial charge is 0.258 e. The molecule has 1 aliphatic rings. The van der Waals surface area contributed by atoms with Gasteiger partial charge in [0.25, 0.3) is 5.91 Å². The summed E-state index contributed by atoms with van der Waals surface area (Å²) in [5, 5.41) is 0. The average molecular weight is 334 g/mol. The molecule has 6 heteroatoms. The third kappa shape index (κ3) is 3.17. The Hall–Kier alpha value is -0.840. The molecular weight excluding hydrogens is 316 g/mol. The molecule has 21 heavy (non-hydrogen) atoms. The highest BCUT2D eigenvalue weighted by Crippen LogP contribution is 2.42. The number of benzene rings is 1. The van der Waals surface area contributed by atoms with Crippen LogP contribution in [0.1, 0.15) is 31.1 Å². The minimum atomic E-state index is -1.24. The van der Waals surface area contributed by atoms with Gasteiger partial charge in [-0.25, -0.2) is 4.39 Å². The highest BCUT2D eigenvalue weighted by molar-refractivity contribution is 6.53. The van der Waals surface area contributed by atoms with Gasteiger partial charge in [-0.1, -0.05) is 53.0 Å². The van der Waals surface area contributed by atoms with Gasteiger partial charge in [0.05, 0.1) is 6.04 Å². The molecule has 116 valence electrons. The van der Waals surface area contributed by atoms with E-state index in [1.165, 1.54) is 4.90 Å². The number of rotatable bonds is 3. The van der Waals surface area contributed by atoms with Crippen LogP contribution in [0.3, 0.4) is 0 Å². The fourth-order valence-corrected chi connectivity index (χ4v) is 2.92. The summed E-state index contributed by atoms with van der Waals surface area (Å²) >= 11 is 11.3. The van der Waals surface area contributed by atoms with Crippen molar-refractivity contribution in [3.05, 3.63) is 35.4 Å². The van der Waals surface area contributed by atoms with Gasteiger partial charge >= 0.3 is 0 Å². The monoisotopic (exact) mass is 333 g/mol. The molecule has 1 fully saturated rings. The summed E-state index contributed by atoms with van der Waals surface area (Å²) in [4.78, 5) is 12.2. The number of amides is 1. The summed E-state index contributed by atoms with van der Waals surface area (Å²) in [6, 6.07) is 6.88. The van der Waals surface area contributed by atoms with Gasteiger partial charge in [0.1, 0.15) is 18.5 Å². The standard InChI is InChI=1S/C15H18Cl2FNO2/c1-9-4-6-10(7-5-9)12-11(8-18)19(14(20)13(16)17)15(2,3)21-12/h4-7,11-13H,8H2,1-3H3. The first-order chi connectivity index (χ1) is 9.77. The Bertz CT molecular complexity index is 519. The van der Waals surface area contributed by atoms with Gasteiger partial charge in [0.15, 0.2) is 4.84 Å². The number of alkyl halides is 3. The second-order valence-electron chi connectivity index (χ2n) is 5.63. The molecule has 0 aromatic heterocycles. The lowest BCUT2D eigenvalue weighted by Crippen LogP contribution is -2.50. The van der Waals surface area contributed by atoms with E-state index in [-0.39, 0.29) is 0 Å². The summed E-state index contributed by atoms with van der Waals surface area (Å²) in [5.41, 5.74) is 0.959. The fourth-order valence-electron chi connectivity index (χ4n) is 2.71. The maximum absolute atomic E-state index is 13.6. The number of carbonyl (C=O) groups is 1. The number of ether oxygens (including phenoxy) is 1. The summed E-state index contributed by atoms with van der Waals surface area (Å²) in [6.07, 6.45) is -0.540. The number of hydrogen-bond acceptors (Lipinski definition) is 2. The molecule has 3 nitrogen and oxygen atoms in total. The van der Waals surface area contributed by atoms with Gasteiger partial charge in [-0.2, -0.15) is 0 Å². The molecular formula is C15H18Cl2FNO2. The van der Waals surface area contributed by atoms with Crippen LogP contribution in [-0.4, -0.2) is 34.1 Å².